The summed E-state index contributed by atoms with van der Waals surface area (Å²) in [7, 11) is -3.80. The third-order valence-corrected chi connectivity index (χ3v) is 8.03. The summed E-state index contributed by atoms with van der Waals surface area (Å²) in [6, 6.07) is 12.0. The van der Waals surface area contributed by atoms with Crippen LogP contribution in [0.3, 0.4) is 0 Å². The van der Waals surface area contributed by atoms with E-state index in [1.54, 1.807) is 32.0 Å². The van der Waals surface area contributed by atoms with Crippen LogP contribution in [0.5, 0.6) is 0 Å². The second-order valence-corrected chi connectivity index (χ2v) is 11.6. The van der Waals surface area contributed by atoms with E-state index in [1.165, 1.54) is 4.90 Å². The van der Waals surface area contributed by atoms with E-state index in [2.05, 4.69) is 5.32 Å². The molecule has 0 unspecified atom stereocenters. The molecule has 0 spiro atoms. The topological polar surface area (TPSA) is 86.8 Å². The molecule has 190 valence electrons. The fourth-order valence-corrected chi connectivity index (χ4v) is 5.51. The highest BCUT2D eigenvalue weighted by atomic mass is 35.5. The van der Waals surface area contributed by atoms with Crippen LogP contribution in [0.4, 0.5) is 5.69 Å². The molecule has 2 aromatic rings. The van der Waals surface area contributed by atoms with Crippen LogP contribution in [-0.4, -0.2) is 50.0 Å². The summed E-state index contributed by atoms with van der Waals surface area (Å²) in [6.07, 6.45) is 5.07. The van der Waals surface area contributed by atoms with Crippen molar-refractivity contribution in [2.24, 2.45) is 0 Å². The van der Waals surface area contributed by atoms with Crippen molar-refractivity contribution in [3.63, 3.8) is 0 Å². The fraction of sp³-hybridized carbons (Fsp3) is 0.462. The third-order valence-electron chi connectivity index (χ3n) is 6.49. The number of rotatable bonds is 9. The largest absolute Gasteiger partial charge is 0.352 e. The Kier molecular flexibility index (Phi) is 8.83. The molecule has 2 aromatic carbocycles. The van der Waals surface area contributed by atoms with Crippen molar-refractivity contribution in [3.05, 3.63) is 64.2 Å². The maximum atomic E-state index is 13.6. The van der Waals surface area contributed by atoms with Crippen LogP contribution in [0.1, 0.15) is 49.3 Å². The minimum atomic E-state index is -3.80. The van der Waals surface area contributed by atoms with Crippen molar-refractivity contribution in [1.82, 2.24) is 10.2 Å². The van der Waals surface area contributed by atoms with Crippen molar-refractivity contribution >= 4 is 39.1 Å². The lowest BCUT2D eigenvalue weighted by Gasteiger charge is -2.32. The summed E-state index contributed by atoms with van der Waals surface area (Å²) in [5.74, 6) is -0.701. The Morgan fingerprint density at radius 1 is 1.11 bits per heavy atom. The molecule has 9 heteroatoms. The number of hydrogen-bond donors (Lipinski definition) is 1. The standard InChI is InChI=1S/C26H34ClN3O4S/c1-18-9-7-10-21(15-18)16-29(20(3)26(32)28-22-11-5-6-12-22)25(31)17-30(35(4,33)34)24-14-8-13-23(27)19(24)2/h7-10,13-15,20,22H,5-6,11-12,16-17H2,1-4H3,(H,28,32)/t20-/m0/s1. The molecule has 2 amide bonds. The van der Waals surface area contributed by atoms with Crippen molar-refractivity contribution in [2.45, 2.75) is 65.1 Å². The van der Waals surface area contributed by atoms with Crippen LogP contribution in [-0.2, 0) is 26.2 Å². The first-order valence-corrected chi connectivity index (χ1v) is 14.1. The predicted octanol–water partition coefficient (Wildman–Crippen LogP) is 4.20. The number of carbonyl (C=O) groups excluding carboxylic acids is 2. The maximum absolute atomic E-state index is 13.6. The summed E-state index contributed by atoms with van der Waals surface area (Å²) in [5.41, 5.74) is 2.80. The number of anilines is 1. The molecule has 3 rings (SSSR count). The minimum Gasteiger partial charge on any atom is -0.352 e. The van der Waals surface area contributed by atoms with Crippen molar-refractivity contribution in [3.8, 4) is 0 Å². The van der Waals surface area contributed by atoms with Crippen LogP contribution in [0.25, 0.3) is 0 Å². The number of carbonyl (C=O) groups is 2. The molecule has 0 heterocycles. The van der Waals surface area contributed by atoms with E-state index < -0.39 is 28.5 Å². The highest BCUT2D eigenvalue weighted by molar-refractivity contribution is 7.92. The molecule has 1 atom stereocenters. The van der Waals surface area contributed by atoms with Gasteiger partial charge >= 0.3 is 0 Å². The van der Waals surface area contributed by atoms with Crippen LogP contribution in [0, 0.1) is 13.8 Å². The average molecular weight is 520 g/mol. The Morgan fingerprint density at radius 3 is 2.40 bits per heavy atom. The van der Waals surface area contributed by atoms with Gasteiger partial charge in [-0.3, -0.25) is 13.9 Å². The number of sulfonamides is 1. The second-order valence-electron chi connectivity index (χ2n) is 9.33. The average Bonchev–Trinajstić information content (AvgIpc) is 3.29. The molecular formula is C26H34ClN3O4S. The Balaban J connectivity index is 1.91. The number of nitrogens with one attached hydrogen (secondary N) is 1. The first-order chi connectivity index (χ1) is 16.5. The van der Waals surface area contributed by atoms with Gasteiger partial charge in [0.1, 0.15) is 12.6 Å². The lowest BCUT2D eigenvalue weighted by Crippen LogP contribution is -2.52. The van der Waals surface area contributed by atoms with E-state index in [1.807, 2.05) is 31.2 Å². The second kappa shape index (κ2) is 11.4. The summed E-state index contributed by atoms with van der Waals surface area (Å²) in [6.45, 7) is 5.11. The lowest BCUT2D eigenvalue weighted by atomic mass is 10.1. The quantitative estimate of drug-likeness (QED) is 0.538. The molecule has 0 aliphatic heterocycles. The highest BCUT2D eigenvalue weighted by Crippen LogP contribution is 2.28. The van der Waals surface area contributed by atoms with Crippen LogP contribution in [0.2, 0.25) is 5.02 Å². The molecule has 1 fully saturated rings. The summed E-state index contributed by atoms with van der Waals surface area (Å²) in [4.78, 5) is 28.2. The van der Waals surface area contributed by atoms with E-state index >= 15 is 0 Å². The molecule has 35 heavy (non-hydrogen) atoms. The van der Waals surface area contributed by atoms with Gasteiger partial charge in [0.25, 0.3) is 0 Å². The number of hydrogen-bond acceptors (Lipinski definition) is 4. The van der Waals surface area contributed by atoms with Gasteiger partial charge in [0, 0.05) is 17.6 Å². The van der Waals surface area contributed by atoms with Gasteiger partial charge in [-0.25, -0.2) is 8.42 Å². The zero-order valence-electron chi connectivity index (χ0n) is 20.8. The Hall–Kier alpha value is -2.58. The lowest BCUT2D eigenvalue weighted by molar-refractivity contribution is -0.139. The van der Waals surface area contributed by atoms with Gasteiger partial charge in [-0.15, -0.1) is 0 Å². The summed E-state index contributed by atoms with van der Waals surface area (Å²) in [5, 5.41) is 3.47. The number of benzene rings is 2. The predicted molar refractivity (Wildman–Crippen MR) is 140 cm³/mol. The van der Waals surface area contributed by atoms with Gasteiger partial charge in [0.15, 0.2) is 0 Å². The van der Waals surface area contributed by atoms with Gasteiger partial charge in [-0.2, -0.15) is 0 Å². The molecule has 1 saturated carbocycles. The van der Waals surface area contributed by atoms with E-state index in [4.69, 9.17) is 11.6 Å². The zero-order chi connectivity index (χ0) is 25.8. The molecule has 0 aromatic heterocycles. The number of nitrogens with zero attached hydrogens (tertiary/aromatic N) is 2. The first kappa shape index (κ1) is 27.0. The first-order valence-electron chi connectivity index (χ1n) is 11.9. The maximum Gasteiger partial charge on any atom is 0.244 e. The molecule has 1 aliphatic carbocycles. The minimum absolute atomic E-state index is 0.113. The monoisotopic (exact) mass is 519 g/mol. The zero-order valence-corrected chi connectivity index (χ0v) is 22.3. The third kappa shape index (κ3) is 6.98. The Morgan fingerprint density at radius 2 is 1.77 bits per heavy atom. The molecule has 7 nitrogen and oxygen atoms in total. The molecule has 0 saturated heterocycles. The van der Waals surface area contributed by atoms with E-state index in [9.17, 15) is 18.0 Å². The van der Waals surface area contributed by atoms with Gasteiger partial charge in [-0.1, -0.05) is 60.3 Å². The smallest absolute Gasteiger partial charge is 0.244 e. The van der Waals surface area contributed by atoms with Crippen molar-refractivity contribution in [2.75, 3.05) is 17.1 Å². The molecule has 0 radical (unpaired) electrons. The van der Waals surface area contributed by atoms with Gasteiger partial charge < -0.3 is 10.2 Å². The SMILES string of the molecule is Cc1cccc(CN(C(=O)CN(c2cccc(Cl)c2C)S(C)(=O)=O)[C@@H](C)C(=O)NC2CCCC2)c1. The number of amides is 2. The Labute approximate surface area is 213 Å². The number of halogens is 1. The van der Waals surface area contributed by atoms with E-state index in [0.29, 0.717) is 16.3 Å². The van der Waals surface area contributed by atoms with E-state index in [0.717, 1.165) is 47.4 Å². The van der Waals surface area contributed by atoms with Crippen LogP contribution >= 0.6 is 11.6 Å². The van der Waals surface area contributed by atoms with Gasteiger partial charge in [0.2, 0.25) is 21.8 Å². The van der Waals surface area contributed by atoms with Gasteiger partial charge in [0.05, 0.1) is 11.9 Å². The van der Waals surface area contributed by atoms with E-state index in [-0.39, 0.29) is 18.5 Å². The number of aryl methyl sites for hydroxylation is 1. The fourth-order valence-electron chi connectivity index (χ4n) is 4.44. The molecular weight excluding hydrogens is 486 g/mol. The molecule has 1 N–H and O–H groups in total. The highest BCUT2D eigenvalue weighted by Gasteiger charge is 2.32. The van der Waals surface area contributed by atoms with Crippen LogP contribution < -0.4 is 9.62 Å². The van der Waals surface area contributed by atoms with Gasteiger partial charge in [-0.05, 0) is 56.9 Å². The Bertz CT molecular complexity index is 1180. The van der Waals surface area contributed by atoms with Crippen LogP contribution in [0.15, 0.2) is 42.5 Å². The van der Waals surface area contributed by atoms with Crippen molar-refractivity contribution < 1.29 is 18.0 Å². The summed E-state index contributed by atoms with van der Waals surface area (Å²) >= 11 is 6.23. The van der Waals surface area contributed by atoms with Crippen molar-refractivity contribution in [1.29, 1.82) is 0 Å². The molecule has 1 aliphatic rings. The normalized spacial score (nSPS) is 15.0. The summed E-state index contributed by atoms with van der Waals surface area (Å²) < 4.78 is 26.5. The molecule has 0 bridgehead atoms.